The minimum atomic E-state index is 0.144. The van der Waals surface area contributed by atoms with Gasteiger partial charge in [0.05, 0.1) is 11.7 Å². The lowest BCUT2D eigenvalue weighted by atomic mass is 9.98. The molecule has 0 radical (unpaired) electrons. The van der Waals surface area contributed by atoms with Gasteiger partial charge in [-0.25, -0.2) is 4.98 Å². The lowest BCUT2D eigenvalue weighted by Crippen LogP contribution is -2.38. The molecule has 5 heteroatoms. The van der Waals surface area contributed by atoms with E-state index in [0.29, 0.717) is 5.91 Å². The van der Waals surface area contributed by atoms with Gasteiger partial charge in [-0.05, 0) is 32.6 Å². The van der Waals surface area contributed by atoms with Gasteiger partial charge in [0.2, 0.25) is 5.91 Å². The molecule has 2 fully saturated rings. The van der Waals surface area contributed by atoms with E-state index in [1.54, 1.807) is 0 Å². The lowest BCUT2D eigenvalue weighted by molar-refractivity contribution is -0.139. The molecule has 2 saturated heterocycles. The first-order valence-corrected chi connectivity index (χ1v) is 7.55. The Bertz CT molecular complexity index is 491. The first-order chi connectivity index (χ1) is 9.66. The molecule has 0 unspecified atom stereocenters. The summed E-state index contributed by atoms with van der Waals surface area (Å²) in [5.41, 5.74) is 1.02. The van der Waals surface area contributed by atoms with Gasteiger partial charge in [0.15, 0.2) is 0 Å². The highest BCUT2D eigenvalue weighted by Gasteiger charge is 2.36. The molecule has 2 aliphatic heterocycles. The van der Waals surface area contributed by atoms with E-state index in [4.69, 9.17) is 4.74 Å². The van der Waals surface area contributed by atoms with Crippen LogP contribution >= 0.6 is 0 Å². The molecule has 110 valence electrons. The Labute approximate surface area is 119 Å². The van der Waals surface area contributed by atoms with E-state index >= 15 is 0 Å². The second-order valence-corrected chi connectivity index (χ2v) is 5.93. The Hall–Kier alpha value is -1.36. The van der Waals surface area contributed by atoms with Gasteiger partial charge in [-0.1, -0.05) is 0 Å². The average Bonchev–Trinajstić information content (AvgIpc) is 3.05. The van der Waals surface area contributed by atoms with Crippen LogP contribution in [0.5, 0.6) is 0 Å². The number of carbonyl (C=O) groups is 1. The summed E-state index contributed by atoms with van der Waals surface area (Å²) in [6, 6.07) is 0.157. The van der Waals surface area contributed by atoms with Crippen molar-refractivity contribution >= 4 is 5.91 Å². The van der Waals surface area contributed by atoms with Crippen LogP contribution in [-0.4, -0.2) is 40.1 Å². The number of likely N-dealkylation sites (tertiary alicyclic amines) is 1. The van der Waals surface area contributed by atoms with Crippen LogP contribution in [0.3, 0.4) is 0 Å². The third-order valence-corrected chi connectivity index (χ3v) is 4.44. The largest absolute Gasteiger partial charge is 0.381 e. The number of rotatable bonds is 2. The summed E-state index contributed by atoms with van der Waals surface area (Å²) >= 11 is 0. The molecule has 1 aromatic heterocycles. The number of hydrogen-bond acceptors (Lipinski definition) is 3. The summed E-state index contributed by atoms with van der Waals surface area (Å²) in [6.07, 6.45) is 5.86. The maximum absolute atomic E-state index is 12.7. The fourth-order valence-electron chi connectivity index (χ4n) is 3.42. The molecular weight excluding hydrogens is 254 g/mol. The monoisotopic (exact) mass is 277 g/mol. The SMILES string of the molecule is Cc1cn(C)c([C@H]2CCCN2C(=O)C2CCOCC2)n1. The maximum atomic E-state index is 12.7. The molecule has 0 spiro atoms. The first kappa shape index (κ1) is 13.6. The molecule has 1 atom stereocenters. The molecule has 0 aliphatic carbocycles. The zero-order chi connectivity index (χ0) is 14.1. The maximum Gasteiger partial charge on any atom is 0.226 e. The highest BCUT2D eigenvalue weighted by Crippen LogP contribution is 2.33. The molecule has 20 heavy (non-hydrogen) atoms. The summed E-state index contributed by atoms with van der Waals surface area (Å²) in [5.74, 6) is 1.47. The molecular formula is C15H23N3O2. The Morgan fingerprint density at radius 1 is 1.35 bits per heavy atom. The number of aromatic nitrogens is 2. The predicted molar refractivity (Wildman–Crippen MR) is 75.2 cm³/mol. The van der Waals surface area contributed by atoms with Gasteiger partial charge < -0.3 is 14.2 Å². The summed E-state index contributed by atoms with van der Waals surface area (Å²) in [4.78, 5) is 19.4. The normalized spacial score (nSPS) is 24.3. The standard InChI is InChI=1S/C15H23N3O2/c1-11-10-17(2)14(16-11)13-4-3-7-18(13)15(19)12-5-8-20-9-6-12/h10,12-13H,3-9H2,1-2H3/t13-/m1/s1. The summed E-state index contributed by atoms with van der Waals surface area (Å²) in [7, 11) is 2.02. The van der Waals surface area contributed by atoms with E-state index in [1.807, 2.05) is 20.2 Å². The molecule has 1 amide bonds. The van der Waals surface area contributed by atoms with Gasteiger partial charge in [-0.15, -0.1) is 0 Å². The molecule has 0 saturated carbocycles. The van der Waals surface area contributed by atoms with Crippen LogP contribution in [0.4, 0.5) is 0 Å². The molecule has 3 heterocycles. The summed E-state index contributed by atoms with van der Waals surface area (Å²) < 4.78 is 7.42. The second-order valence-electron chi connectivity index (χ2n) is 5.93. The topological polar surface area (TPSA) is 47.4 Å². The fraction of sp³-hybridized carbons (Fsp3) is 0.733. The van der Waals surface area contributed by atoms with Crippen molar-refractivity contribution < 1.29 is 9.53 Å². The predicted octanol–water partition coefficient (Wildman–Crippen LogP) is 1.82. The van der Waals surface area contributed by atoms with E-state index in [-0.39, 0.29) is 12.0 Å². The van der Waals surface area contributed by atoms with Gasteiger partial charge in [-0.3, -0.25) is 4.79 Å². The van der Waals surface area contributed by atoms with E-state index in [2.05, 4.69) is 14.5 Å². The number of imidazole rings is 1. The van der Waals surface area contributed by atoms with Crippen LogP contribution < -0.4 is 0 Å². The third kappa shape index (κ3) is 2.46. The van der Waals surface area contributed by atoms with Crippen molar-refractivity contribution in [1.82, 2.24) is 14.5 Å². The molecule has 0 bridgehead atoms. The highest BCUT2D eigenvalue weighted by molar-refractivity contribution is 5.79. The van der Waals surface area contributed by atoms with Crippen molar-refractivity contribution in [3.05, 3.63) is 17.7 Å². The summed E-state index contributed by atoms with van der Waals surface area (Å²) in [6.45, 7) is 4.31. The zero-order valence-electron chi connectivity index (χ0n) is 12.3. The fourth-order valence-corrected chi connectivity index (χ4v) is 3.42. The second kappa shape index (κ2) is 5.56. The molecule has 0 aromatic carbocycles. The highest BCUT2D eigenvalue weighted by atomic mass is 16.5. The van der Waals surface area contributed by atoms with Crippen LogP contribution in [0.1, 0.15) is 43.2 Å². The molecule has 2 aliphatic rings. The minimum absolute atomic E-state index is 0.144. The first-order valence-electron chi connectivity index (χ1n) is 7.55. The number of nitrogens with zero attached hydrogens (tertiary/aromatic N) is 3. The van der Waals surface area contributed by atoms with Crippen LogP contribution in [-0.2, 0) is 16.6 Å². The Morgan fingerprint density at radius 2 is 2.10 bits per heavy atom. The van der Waals surface area contributed by atoms with Crippen molar-refractivity contribution in [2.45, 2.75) is 38.6 Å². The van der Waals surface area contributed by atoms with Crippen LogP contribution in [0.2, 0.25) is 0 Å². The van der Waals surface area contributed by atoms with Crippen molar-refractivity contribution in [1.29, 1.82) is 0 Å². The van der Waals surface area contributed by atoms with E-state index in [1.165, 1.54) is 0 Å². The minimum Gasteiger partial charge on any atom is -0.381 e. The van der Waals surface area contributed by atoms with Gasteiger partial charge in [0, 0.05) is 38.9 Å². The molecule has 3 rings (SSSR count). The number of aryl methyl sites for hydroxylation is 2. The van der Waals surface area contributed by atoms with Crippen molar-refractivity contribution in [3.8, 4) is 0 Å². The van der Waals surface area contributed by atoms with Crippen molar-refractivity contribution in [3.63, 3.8) is 0 Å². The van der Waals surface area contributed by atoms with E-state index in [0.717, 1.165) is 57.0 Å². The van der Waals surface area contributed by atoms with Crippen LogP contribution in [0.15, 0.2) is 6.20 Å². The van der Waals surface area contributed by atoms with E-state index in [9.17, 15) is 4.79 Å². The Kier molecular flexibility index (Phi) is 3.78. The molecule has 0 N–H and O–H groups in total. The van der Waals surface area contributed by atoms with Crippen molar-refractivity contribution in [2.75, 3.05) is 19.8 Å². The average molecular weight is 277 g/mol. The van der Waals surface area contributed by atoms with Gasteiger partial charge in [0.25, 0.3) is 0 Å². The van der Waals surface area contributed by atoms with Gasteiger partial charge in [-0.2, -0.15) is 0 Å². The summed E-state index contributed by atoms with van der Waals surface area (Å²) in [5, 5.41) is 0. The van der Waals surface area contributed by atoms with Gasteiger partial charge >= 0.3 is 0 Å². The zero-order valence-corrected chi connectivity index (χ0v) is 12.3. The van der Waals surface area contributed by atoms with Crippen LogP contribution in [0, 0.1) is 12.8 Å². The number of carbonyl (C=O) groups excluding carboxylic acids is 1. The third-order valence-electron chi connectivity index (χ3n) is 4.44. The quantitative estimate of drug-likeness (QED) is 0.828. The van der Waals surface area contributed by atoms with Crippen LogP contribution in [0.25, 0.3) is 0 Å². The Balaban J connectivity index is 1.78. The molecule has 1 aromatic rings. The smallest absolute Gasteiger partial charge is 0.226 e. The number of hydrogen-bond donors (Lipinski definition) is 0. The van der Waals surface area contributed by atoms with E-state index < -0.39 is 0 Å². The molecule has 5 nitrogen and oxygen atoms in total. The van der Waals surface area contributed by atoms with Crippen molar-refractivity contribution in [2.24, 2.45) is 13.0 Å². The number of amides is 1. The Morgan fingerprint density at radius 3 is 2.75 bits per heavy atom. The lowest BCUT2D eigenvalue weighted by Gasteiger charge is -2.30. The number of ether oxygens (including phenoxy) is 1. The van der Waals surface area contributed by atoms with Gasteiger partial charge in [0.1, 0.15) is 5.82 Å².